The van der Waals surface area contributed by atoms with Gasteiger partial charge in [-0.1, -0.05) is 24.3 Å². The monoisotopic (exact) mass is 269 g/mol. The van der Waals surface area contributed by atoms with Gasteiger partial charge in [0.05, 0.1) is 17.8 Å². The van der Waals surface area contributed by atoms with Crippen LogP contribution in [-0.4, -0.2) is 16.8 Å². The zero-order valence-electron chi connectivity index (χ0n) is 12.8. The molecule has 0 fully saturated rings. The fourth-order valence-corrected chi connectivity index (χ4v) is 3.42. The fourth-order valence-electron chi connectivity index (χ4n) is 3.42. The standard InChI is InChI=1S/C17H23N3/c1-11-12(2)19-20(13(11)3)16-10-9-14-7-5-6-8-15(14)17(16)18-4/h5-8,16-18H,9-10H2,1-4H3. The molecule has 1 aromatic carbocycles. The molecule has 106 valence electrons. The number of aryl methyl sites for hydroxylation is 2. The highest BCUT2D eigenvalue weighted by molar-refractivity contribution is 5.34. The summed E-state index contributed by atoms with van der Waals surface area (Å²) in [4.78, 5) is 0. The molecule has 3 rings (SSSR count). The molecule has 0 radical (unpaired) electrons. The molecule has 0 spiro atoms. The van der Waals surface area contributed by atoms with Crippen molar-refractivity contribution in [3.8, 4) is 0 Å². The smallest absolute Gasteiger partial charge is 0.0720 e. The van der Waals surface area contributed by atoms with Gasteiger partial charge in [-0.25, -0.2) is 0 Å². The number of aromatic nitrogens is 2. The van der Waals surface area contributed by atoms with Crippen molar-refractivity contribution in [2.75, 3.05) is 7.05 Å². The first-order valence-electron chi connectivity index (χ1n) is 7.41. The number of benzene rings is 1. The lowest BCUT2D eigenvalue weighted by Gasteiger charge is -2.34. The Kier molecular flexibility index (Phi) is 3.38. The van der Waals surface area contributed by atoms with Gasteiger partial charge in [-0.15, -0.1) is 0 Å². The quantitative estimate of drug-likeness (QED) is 0.907. The van der Waals surface area contributed by atoms with E-state index in [-0.39, 0.29) is 0 Å². The summed E-state index contributed by atoms with van der Waals surface area (Å²) in [5.41, 5.74) is 6.67. The van der Waals surface area contributed by atoms with Crippen molar-refractivity contribution in [2.45, 2.75) is 45.7 Å². The van der Waals surface area contributed by atoms with Crippen molar-refractivity contribution in [3.05, 3.63) is 52.3 Å². The molecule has 20 heavy (non-hydrogen) atoms. The third-order valence-corrected chi connectivity index (χ3v) is 4.80. The van der Waals surface area contributed by atoms with E-state index in [1.54, 1.807) is 0 Å². The second-order valence-electron chi connectivity index (χ2n) is 5.81. The number of nitrogens with zero attached hydrogens (tertiary/aromatic N) is 2. The number of fused-ring (bicyclic) bond motifs is 1. The van der Waals surface area contributed by atoms with Crippen molar-refractivity contribution in [1.82, 2.24) is 15.1 Å². The average Bonchev–Trinajstić information content (AvgIpc) is 2.73. The van der Waals surface area contributed by atoms with E-state index in [9.17, 15) is 0 Å². The first kappa shape index (κ1) is 13.4. The lowest BCUT2D eigenvalue weighted by molar-refractivity contribution is 0.304. The van der Waals surface area contributed by atoms with Crippen LogP contribution in [0.1, 0.15) is 46.6 Å². The summed E-state index contributed by atoms with van der Waals surface area (Å²) in [6, 6.07) is 9.53. The molecule has 3 nitrogen and oxygen atoms in total. The van der Waals surface area contributed by atoms with Crippen molar-refractivity contribution in [3.63, 3.8) is 0 Å². The molecule has 0 saturated carbocycles. The first-order valence-corrected chi connectivity index (χ1v) is 7.41. The molecule has 1 aromatic heterocycles. The summed E-state index contributed by atoms with van der Waals surface area (Å²) in [7, 11) is 2.05. The lowest BCUT2D eigenvalue weighted by Crippen LogP contribution is -2.33. The SMILES string of the molecule is CNC1c2ccccc2CCC1n1nc(C)c(C)c1C. The Hall–Kier alpha value is -1.61. The van der Waals surface area contributed by atoms with E-state index in [4.69, 9.17) is 5.10 Å². The van der Waals surface area contributed by atoms with Gasteiger partial charge < -0.3 is 5.32 Å². The minimum absolute atomic E-state index is 0.345. The zero-order chi connectivity index (χ0) is 14.3. The van der Waals surface area contributed by atoms with E-state index < -0.39 is 0 Å². The van der Waals surface area contributed by atoms with Crippen molar-refractivity contribution >= 4 is 0 Å². The zero-order valence-corrected chi connectivity index (χ0v) is 12.8. The van der Waals surface area contributed by atoms with Gasteiger partial charge in [-0.3, -0.25) is 4.68 Å². The van der Waals surface area contributed by atoms with Gasteiger partial charge in [0.15, 0.2) is 0 Å². The summed E-state index contributed by atoms with van der Waals surface area (Å²) < 4.78 is 2.24. The maximum absolute atomic E-state index is 4.78. The number of rotatable bonds is 2. The Labute approximate surface area is 121 Å². The van der Waals surface area contributed by atoms with Crippen LogP contribution in [0.15, 0.2) is 24.3 Å². The van der Waals surface area contributed by atoms with Crippen LogP contribution in [0.4, 0.5) is 0 Å². The molecule has 0 bridgehead atoms. The summed E-state index contributed by atoms with van der Waals surface area (Å²) >= 11 is 0. The van der Waals surface area contributed by atoms with Crippen molar-refractivity contribution in [2.24, 2.45) is 0 Å². The average molecular weight is 269 g/mol. The van der Waals surface area contributed by atoms with E-state index >= 15 is 0 Å². The second-order valence-corrected chi connectivity index (χ2v) is 5.81. The van der Waals surface area contributed by atoms with Crippen LogP contribution in [-0.2, 0) is 6.42 Å². The molecule has 2 aromatic rings. The normalized spacial score (nSPS) is 21.8. The highest BCUT2D eigenvalue weighted by Crippen LogP contribution is 2.38. The molecular formula is C17H23N3. The molecule has 0 amide bonds. The van der Waals surface area contributed by atoms with E-state index in [1.807, 2.05) is 0 Å². The minimum Gasteiger partial charge on any atom is -0.311 e. The van der Waals surface area contributed by atoms with Crippen LogP contribution in [0.2, 0.25) is 0 Å². The molecule has 1 heterocycles. The number of hydrogen-bond acceptors (Lipinski definition) is 2. The van der Waals surface area contributed by atoms with Crippen LogP contribution >= 0.6 is 0 Å². The van der Waals surface area contributed by atoms with Gasteiger partial charge >= 0.3 is 0 Å². The van der Waals surface area contributed by atoms with Crippen LogP contribution in [0.5, 0.6) is 0 Å². The highest BCUT2D eigenvalue weighted by Gasteiger charge is 2.31. The molecule has 0 saturated heterocycles. The molecular weight excluding hydrogens is 246 g/mol. The molecule has 1 aliphatic carbocycles. The third kappa shape index (κ3) is 1.97. The van der Waals surface area contributed by atoms with Gasteiger partial charge in [-0.2, -0.15) is 5.10 Å². The van der Waals surface area contributed by atoms with Gasteiger partial charge in [0, 0.05) is 5.69 Å². The van der Waals surface area contributed by atoms with Gasteiger partial charge in [0.2, 0.25) is 0 Å². The highest BCUT2D eigenvalue weighted by atomic mass is 15.3. The number of likely N-dealkylation sites (N-methyl/N-ethyl adjacent to an activating group) is 1. The minimum atomic E-state index is 0.345. The first-order chi connectivity index (χ1) is 9.63. The Bertz CT molecular complexity index is 627. The fraction of sp³-hybridized carbons (Fsp3) is 0.471. The largest absolute Gasteiger partial charge is 0.311 e. The van der Waals surface area contributed by atoms with Gasteiger partial charge in [0.1, 0.15) is 0 Å². The Morgan fingerprint density at radius 2 is 1.95 bits per heavy atom. The molecule has 2 atom stereocenters. The molecule has 2 unspecified atom stereocenters. The van der Waals surface area contributed by atoms with Crippen molar-refractivity contribution < 1.29 is 0 Å². The third-order valence-electron chi connectivity index (χ3n) is 4.80. The van der Waals surface area contributed by atoms with E-state index in [2.05, 4.69) is 62.1 Å². The van der Waals surface area contributed by atoms with Crippen LogP contribution in [0.25, 0.3) is 0 Å². The topological polar surface area (TPSA) is 29.9 Å². The van der Waals surface area contributed by atoms with Crippen LogP contribution in [0.3, 0.4) is 0 Å². The molecule has 0 aliphatic heterocycles. The Morgan fingerprint density at radius 1 is 1.20 bits per heavy atom. The Morgan fingerprint density at radius 3 is 2.60 bits per heavy atom. The number of hydrogen-bond donors (Lipinski definition) is 1. The van der Waals surface area contributed by atoms with Crippen LogP contribution in [0, 0.1) is 20.8 Å². The molecule has 1 N–H and O–H groups in total. The maximum Gasteiger partial charge on any atom is 0.0720 e. The predicted octanol–water partition coefficient (Wildman–Crippen LogP) is 3.26. The Balaban J connectivity index is 2.05. The second kappa shape index (κ2) is 5.06. The summed E-state index contributed by atoms with van der Waals surface area (Å²) in [6.45, 7) is 6.45. The van der Waals surface area contributed by atoms with Gasteiger partial charge in [-0.05, 0) is 57.4 Å². The molecule has 3 heteroatoms. The van der Waals surface area contributed by atoms with Crippen molar-refractivity contribution in [1.29, 1.82) is 0 Å². The summed E-state index contributed by atoms with van der Waals surface area (Å²) in [5.74, 6) is 0. The number of nitrogens with one attached hydrogen (secondary N) is 1. The van der Waals surface area contributed by atoms with E-state index in [0.717, 1.165) is 18.5 Å². The summed E-state index contributed by atoms with van der Waals surface area (Å²) in [5, 5.41) is 8.28. The maximum atomic E-state index is 4.78. The molecule has 1 aliphatic rings. The predicted molar refractivity (Wildman–Crippen MR) is 82.0 cm³/mol. The van der Waals surface area contributed by atoms with E-state index in [1.165, 1.54) is 22.4 Å². The van der Waals surface area contributed by atoms with E-state index in [0.29, 0.717) is 12.1 Å². The lowest BCUT2D eigenvalue weighted by atomic mass is 9.84. The summed E-state index contributed by atoms with van der Waals surface area (Å²) in [6.07, 6.45) is 2.28. The van der Waals surface area contributed by atoms with Gasteiger partial charge in [0.25, 0.3) is 0 Å². The van der Waals surface area contributed by atoms with Crippen LogP contribution < -0.4 is 5.32 Å².